The smallest absolute Gasteiger partial charge is 0.340 e. The Hall–Kier alpha value is -3.51. The molecule has 0 aliphatic carbocycles. The zero-order valence-electron chi connectivity index (χ0n) is 19.5. The van der Waals surface area contributed by atoms with Crippen molar-refractivity contribution in [1.82, 2.24) is 9.78 Å². The fourth-order valence-electron chi connectivity index (χ4n) is 3.94. The lowest BCUT2D eigenvalue weighted by Gasteiger charge is -2.20. The molecule has 0 fully saturated rings. The van der Waals surface area contributed by atoms with Crippen LogP contribution in [0, 0.1) is 13.8 Å². The summed E-state index contributed by atoms with van der Waals surface area (Å²) in [6.45, 7) is 3.33. The molecule has 10 nitrogen and oxygen atoms in total. The van der Waals surface area contributed by atoms with Crippen LogP contribution in [0.15, 0.2) is 57.4 Å². The SMILES string of the molecule is CON=C1CCS(=O)(=O)c2c(C(=O)c3c(C)nn(C)c3OS(=O)(=O)c3ccc(C)cc3)cccc21. The molecule has 2 aromatic carbocycles. The Bertz CT molecular complexity index is 1570. The highest BCUT2D eigenvalue weighted by Gasteiger charge is 2.36. The van der Waals surface area contributed by atoms with Crippen molar-refractivity contribution >= 4 is 31.5 Å². The third-order valence-electron chi connectivity index (χ3n) is 5.59. The van der Waals surface area contributed by atoms with Gasteiger partial charge in [-0.05, 0) is 32.0 Å². The molecular formula is C23H23N3O7S2. The zero-order chi connectivity index (χ0) is 25.5. The van der Waals surface area contributed by atoms with E-state index in [2.05, 4.69) is 10.3 Å². The predicted molar refractivity (Wildman–Crippen MR) is 127 cm³/mol. The molecule has 0 N–H and O–H groups in total. The quantitative estimate of drug-likeness (QED) is 0.277. The van der Waals surface area contributed by atoms with Crippen LogP contribution in [-0.4, -0.2) is 51.0 Å². The first-order chi connectivity index (χ1) is 16.5. The molecule has 12 heteroatoms. The maximum Gasteiger partial charge on any atom is 0.340 e. The zero-order valence-corrected chi connectivity index (χ0v) is 21.1. The molecule has 2 heterocycles. The number of hydrogen-bond donors (Lipinski definition) is 0. The van der Waals surface area contributed by atoms with Crippen LogP contribution in [0.25, 0.3) is 0 Å². The number of rotatable bonds is 6. The fraction of sp³-hybridized carbons (Fsp3) is 0.261. The standard InChI is InChI=1S/C23H23N3O7S2/c1-14-8-10-16(11-9-14)35(30,31)33-23-20(15(2)24-26(23)3)21(27)18-7-5-6-17-19(25-32-4)12-13-34(28,29)22(17)18/h5-11H,12-13H2,1-4H3. The molecule has 3 aromatic rings. The normalized spacial score (nSPS) is 16.1. The summed E-state index contributed by atoms with van der Waals surface area (Å²) in [7, 11) is -5.34. The molecule has 1 aromatic heterocycles. The maximum atomic E-state index is 13.7. The number of benzene rings is 2. The second kappa shape index (κ2) is 8.93. The first kappa shape index (κ1) is 24.6. The minimum Gasteiger partial charge on any atom is -0.399 e. The summed E-state index contributed by atoms with van der Waals surface area (Å²) in [5, 5.41) is 8.07. The average molecular weight is 518 g/mol. The summed E-state index contributed by atoms with van der Waals surface area (Å²) >= 11 is 0. The first-order valence-corrected chi connectivity index (χ1v) is 13.6. The lowest BCUT2D eigenvalue weighted by atomic mass is 9.98. The van der Waals surface area contributed by atoms with E-state index >= 15 is 0 Å². The van der Waals surface area contributed by atoms with E-state index in [1.807, 2.05) is 6.92 Å². The van der Waals surface area contributed by atoms with Gasteiger partial charge in [0.25, 0.3) is 0 Å². The molecule has 0 amide bonds. The molecule has 0 spiro atoms. The average Bonchev–Trinajstić information content (AvgIpc) is 3.07. The van der Waals surface area contributed by atoms with Crippen molar-refractivity contribution in [3.8, 4) is 5.88 Å². The van der Waals surface area contributed by atoms with Gasteiger partial charge in [0, 0.05) is 24.6 Å². The second-order valence-electron chi connectivity index (χ2n) is 8.04. The lowest BCUT2D eigenvalue weighted by molar-refractivity contribution is 0.103. The van der Waals surface area contributed by atoms with E-state index < -0.39 is 25.7 Å². The number of carbonyl (C=O) groups excluding carboxylic acids is 1. The molecule has 4 rings (SSSR count). The number of carbonyl (C=O) groups is 1. The van der Waals surface area contributed by atoms with Crippen molar-refractivity contribution in [2.75, 3.05) is 12.9 Å². The van der Waals surface area contributed by atoms with E-state index in [0.29, 0.717) is 5.71 Å². The molecule has 184 valence electrons. The Kier molecular flexibility index (Phi) is 6.28. The molecule has 0 unspecified atom stereocenters. The summed E-state index contributed by atoms with van der Waals surface area (Å²) < 4.78 is 58.4. The number of nitrogens with zero attached hydrogens (tertiary/aromatic N) is 3. The summed E-state index contributed by atoms with van der Waals surface area (Å²) in [6, 6.07) is 10.5. The predicted octanol–water partition coefficient (Wildman–Crippen LogP) is 2.56. The molecule has 0 saturated heterocycles. The Morgan fingerprint density at radius 3 is 2.46 bits per heavy atom. The number of aryl methyl sites for hydroxylation is 3. The van der Waals surface area contributed by atoms with Gasteiger partial charge in [-0.1, -0.05) is 35.0 Å². The fourth-order valence-corrected chi connectivity index (χ4v) is 6.58. The third-order valence-corrected chi connectivity index (χ3v) is 8.62. The van der Waals surface area contributed by atoms with Gasteiger partial charge in [0.15, 0.2) is 9.84 Å². The number of aromatic nitrogens is 2. The lowest BCUT2D eigenvalue weighted by Crippen LogP contribution is -2.25. The van der Waals surface area contributed by atoms with Crippen LogP contribution in [0.5, 0.6) is 5.88 Å². The Morgan fingerprint density at radius 1 is 1.11 bits per heavy atom. The van der Waals surface area contributed by atoms with Crippen LogP contribution in [0.4, 0.5) is 0 Å². The van der Waals surface area contributed by atoms with Crippen molar-refractivity contribution in [3.63, 3.8) is 0 Å². The summed E-state index contributed by atoms with van der Waals surface area (Å²) in [4.78, 5) is 18.3. The van der Waals surface area contributed by atoms with Crippen molar-refractivity contribution in [2.45, 2.75) is 30.1 Å². The van der Waals surface area contributed by atoms with Crippen molar-refractivity contribution in [1.29, 1.82) is 0 Å². The molecule has 0 atom stereocenters. The molecule has 1 aliphatic rings. The minimum absolute atomic E-state index is 0.0968. The summed E-state index contributed by atoms with van der Waals surface area (Å²) in [5.74, 6) is -1.29. The van der Waals surface area contributed by atoms with Crippen LogP contribution < -0.4 is 4.18 Å². The van der Waals surface area contributed by atoms with E-state index in [1.54, 1.807) is 18.2 Å². The van der Waals surface area contributed by atoms with Crippen LogP contribution in [-0.2, 0) is 31.8 Å². The van der Waals surface area contributed by atoms with Crippen molar-refractivity contribution in [3.05, 3.63) is 70.4 Å². The molecule has 0 bridgehead atoms. The first-order valence-electron chi connectivity index (χ1n) is 10.5. The third kappa shape index (κ3) is 4.46. The van der Waals surface area contributed by atoms with E-state index in [9.17, 15) is 21.6 Å². The molecule has 35 heavy (non-hydrogen) atoms. The van der Waals surface area contributed by atoms with Gasteiger partial charge in [0.05, 0.1) is 22.1 Å². The minimum atomic E-state index is -4.30. The van der Waals surface area contributed by atoms with Gasteiger partial charge in [0.1, 0.15) is 17.6 Å². The number of fused-ring (bicyclic) bond motifs is 1. The highest BCUT2D eigenvalue weighted by atomic mass is 32.2. The Morgan fingerprint density at radius 2 is 1.80 bits per heavy atom. The van der Waals surface area contributed by atoms with Crippen LogP contribution in [0.2, 0.25) is 0 Å². The van der Waals surface area contributed by atoms with Gasteiger partial charge in [-0.3, -0.25) is 4.79 Å². The molecule has 1 aliphatic heterocycles. The van der Waals surface area contributed by atoms with E-state index in [1.165, 1.54) is 45.3 Å². The van der Waals surface area contributed by atoms with Gasteiger partial charge in [-0.15, -0.1) is 0 Å². The monoisotopic (exact) mass is 517 g/mol. The van der Waals surface area contributed by atoms with E-state index in [0.717, 1.165) is 10.2 Å². The number of ketones is 1. The van der Waals surface area contributed by atoms with E-state index in [-0.39, 0.29) is 50.2 Å². The van der Waals surface area contributed by atoms with Crippen LogP contribution in [0.3, 0.4) is 0 Å². The Balaban J connectivity index is 1.85. The summed E-state index contributed by atoms with van der Waals surface area (Å²) in [6.07, 6.45) is 0.135. The van der Waals surface area contributed by atoms with Gasteiger partial charge >= 0.3 is 10.1 Å². The summed E-state index contributed by atoms with van der Waals surface area (Å²) in [5.41, 5.74) is 1.43. The topological polar surface area (TPSA) is 134 Å². The van der Waals surface area contributed by atoms with Crippen molar-refractivity contribution in [2.24, 2.45) is 12.2 Å². The van der Waals surface area contributed by atoms with Gasteiger partial charge < -0.3 is 9.02 Å². The van der Waals surface area contributed by atoms with Gasteiger partial charge in [-0.25, -0.2) is 13.1 Å². The number of oxime groups is 1. The van der Waals surface area contributed by atoms with Gasteiger partial charge in [0.2, 0.25) is 11.7 Å². The number of sulfone groups is 1. The molecular weight excluding hydrogens is 494 g/mol. The Labute approximate surface area is 203 Å². The van der Waals surface area contributed by atoms with E-state index in [4.69, 9.17) is 9.02 Å². The second-order valence-corrected chi connectivity index (χ2v) is 11.6. The molecule has 0 saturated carbocycles. The highest BCUT2D eigenvalue weighted by Crippen LogP contribution is 2.34. The van der Waals surface area contributed by atoms with Crippen molar-refractivity contribution < 1.29 is 30.7 Å². The maximum absolute atomic E-state index is 13.7. The van der Waals surface area contributed by atoms with Crippen LogP contribution >= 0.6 is 0 Å². The van der Waals surface area contributed by atoms with Crippen LogP contribution in [0.1, 0.15) is 39.2 Å². The number of hydrogen-bond acceptors (Lipinski definition) is 9. The highest BCUT2D eigenvalue weighted by molar-refractivity contribution is 7.91. The van der Waals surface area contributed by atoms with Gasteiger partial charge in [-0.2, -0.15) is 13.5 Å². The largest absolute Gasteiger partial charge is 0.399 e. The molecule has 0 radical (unpaired) electrons.